The number of hydrogen-bond acceptors (Lipinski definition) is 3. The van der Waals surface area contributed by atoms with Crippen molar-refractivity contribution in [2.24, 2.45) is 0 Å². The highest BCUT2D eigenvalue weighted by atomic mass is 28.4. The maximum Gasteiger partial charge on any atom is 0.308 e. The molecule has 0 aliphatic carbocycles. The van der Waals surface area contributed by atoms with Crippen molar-refractivity contribution in [3.8, 4) is 0 Å². The van der Waals surface area contributed by atoms with Crippen LogP contribution in [0.25, 0.3) is 0 Å². The Labute approximate surface area is 132 Å². The van der Waals surface area contributed by atoms with Gasteiger partial charge in [-0.1, -0.05) is 46.3 Å². The predicted molar refractivity (Wildman–Crippen MR) is 92.0 cm³/mol. The molecule has 3 nitrogen and oxygen atoms in total. The fourth-order valence-electron chi connectivity index (χ4n) is 2.36. The number of ether oxygens (including phenoxy) is 1. The molecule has 0 saturated heterocycles. The zero-order valence-corrected chi connectivity index (χ0v) is 15.8. The second kappa shape index (κ2) is 11.0. The molecule has 0 rings (SSSR count). The maximum absolute atomic E-state index is 11.9. The van der Waals surface area contributed by atoms with Gasteiger partial charge in [-0.3, -0.25) is 4.79 Å². The molecule has 0 aromatic heterocycles. The van der Waals surface area contributed by atoms with Crippen LogP contribution in [0.5, 0.6) is 0 Å². The molecule has 0 radical (unpaired) electrons. The van der Waals surface area contributed by atoms with E-state index < -0.39 is 8.32 Å². The van der Waals surface area contributed by atoms with E-state index in [0.717, 1.165) is 31.0 Å². The third-order valence-electron chi connectivity index (χ3n) is 3.88. The Balaban J connectivity index is 4.83. The summed E-state index contributed by atoms with van der Waals surface area (Å²) >= 11 is 0. The van der Waals surface area contributed by atoms with Crippen molar-refractivity contribution in [3.05, 3.63) is 12.2 Å². The van der Waals surface area contributed by atoms with Crippen LogP contribution in [0, 0.1) is 0 Å². The summed E-state index contributed by atoms with van der Waals surface area (Å²) in [6.45, 7) is 12.5. The van der Waals surface area contributed by atoms with Crippen molar-refractivity contribution >= 4 is 14.3 Å². The smallest absolute Gasteiger partial charge is 0.308 e. The van der Waals surface area contributed by atoms with Crippen LogP contribution in [0.1, 0.15) is 60.8 Å². The van der Waals surface area contributed by atoms with E-state index in [-0.39, 0.29) is 18.2 Å². The summed E-state index contributed by atoms with van der Waals surface area (Å²) in [5.74, 6) is -0.164. The third-order valence-corrected chi connectivity index (χ3v) is 8.54. The van der Waals surface area contributed by atoms with Crippen LogP contribution >= 0.6 is 0 Å². The number of rotatable bonds is 11. The first-order valence-corrected chi connectivity index (χ1v) is 11.0. The summed E-state index contributed by atoms with van der Waals surface area (Å²) in [6, 6.07) is 3.28. The van der Waals surface area contributed by atoms with Gasteiger partial charge in [0, 0.05) is 0 Å². The Bertz CT molecular complexity index is 301. The van der Waals surface area contributed by atoms with E-state index in [1.54, 1.807) is 0 Å². The SMILES string of the molecule is CCC/C=C/C(CC(=O)OC(C)C)O[Si](CC)(CC)CC. The molecule has 124 valence electrons. The number of hydrogen-bond donors (Lipinski definition) is 0. The van der Waals surface area contributed by atoms with Gasteiger partial charge < -0.3 is 9.16 Å². The monoisotopic (exact) mass is 314 g/mol. The van der Waals surface area contributed by atoms with E-state index in [9.17, 15) is 4.79 Å². The Morgan fingerprint density at radius 1 is 1.10 bits per heavy atom. The highest BCUT2D eigenvalue weighted by molar-refractivity contribution is 6.73. The fourth-order valence-corrected chi connectivity index (χ4v) is 5.16. The average molecular weight is 315 g/mol. The topological polar surface area (TPSA) is 35.5 Å². The first kappa shape index (κ1) is 20.4. The highest BCUT2D eigenvalue weighted by Crippen LogP contribution is 2.25. The molecule has 0 heterocycles. The zero-order chi connectivity index (χ0) is 16.3. The summed E-state index contributed by atoms with van der Waals surface area (Å²) in [5, 5.41) is 0. The van der Waals surface area contributed by atoms with E-state index >= 15 is 0 Å². The Morgan fingerprint density at radius 3 is 2.10 bits per heavy atom. The van der Waals surface area contributed by atoms with Crippen LogP contribution in [0.3, 0.4) is 0 Å². The normalized spacial score (nSPS) is 13.9. The third kappa shape index (κ3) is 8.42. The van der Waals surface area contributed by atoms with Gasteiger partial charge in [-0.2, -0.15) is 0 Å². The number of carbonyl (C=O) groups is 1. The molecule has 4 heteroatoms. The molecule has 0 bridgehead atoms. The molecule has 0 saturated carbocycles. The first-order chi connectivity index (χ1) is 9.92. The van der Waals surface area contributed by atoms with Crippen LogP contribution in [0.4, 0.5) is 0 Å². The summed E-state index contributed by atoms with van der Waals surface area (Å²) < 4.78 is 11.7. The molecule has 0 N–H and O–H groups in total. The molecule has 21 heavy (non-hydrogen) atoms. The van der Waals surface area contributed by atoms with E-state index in [1.165, 1.54) is 0 Å². The van der Waals surface area contributed by atoms with Gasteiger partial charge in [0.15, 0.2) is 8.32 Å². The molecule has 0 spiro atoms. The number of unbranched alkanes of at least 4 members (excludes halogenated alkanes) is 1. The molecule has 0 aromatic rings. The number of esters is 1. The van der Waals surface area contributed by atoms with Crippen molar-refractivity contribution in [1.29, 1.82) is 0 Å². The Morgan fingerprint density at radius 2 is 1.67 bits per heavy atom. The molecule has 0 aromatic carbocycles. The van der Waals surface area contributed by atoms with Crippen molar-refractivity contribution in [2.75, 3.05) is 0 Å². The fraction of sp³-hybridized carbons (Fsp3) is 0.824. The van der Waals surface area contributed by atoms with Gasteiger partial charge in [0.1, 0.15) is 0 Å². The first-order valence-electron chi connectivity index (χ1n) is 8.46. The average Bonchev–Trinajstić information content (AvgIpc) is 2.44. The standard InChI is InChI=1S/C17H34O3Si/c1-7-11-12-13-16(14-17(18)19-15(5)6)20-21(8-2,9-3)10-4/h12-13,15-16H,7-11,14H2,1-6H3/b13-12+. The van der Waals surface area contributed by atoms with E-state index in [2.05, 4.69) is 39.8 Å². The number of allylic oxidation sites excluding steroid dienone is 1. The van der Waals surface area contributed by atoms with Gasteiger partial charge in [-0.25, -0.2) is 0 Å². The highest BCUT2D eigenvalue weighted by Gasteiger charge is 2.32. The minimum atomic E-state index is -1.71. The van der Waals surface area contributed by atoms with Crippen LogP contribution in [-0.4, -0.2) is 26.5 Å². The summed E-state index contributed by atoms with van der Waals surface area (Å²) in [5.41, 5.74) is 0. The van der Waals surface area contributed by atoms with Gasteiger partial charge in [-0.05, 0) is 38.4 Å². The van der Waals surface area contributed by atoms with Crippen molar-refractivity contribution in [1.82, 2.24) is 0 Å². The minimum absolute atomic E-state index is 0.0664. The quantitative estimate of drug-likeness (QED) is 0.303. The lowest BCUT2D eigenvalue weighted by Gasteiger charge is -2.32. The lowest BCUT2D eigenvalue weighted by molar-refractivity contribution is -0.148. The molecule has 1 atom stereocenters. The van der Waals surface area contributed by atoms with E-state index in [1.807, 2.05) is 13.8 Å². The van der Waals surface area contributed by atoms with Gasteiger partial charge in [-0.15, -0.1) is 0 Å². The Hall–Kier alpha value is -0.613. The van der Waals surface area contributed by atoms with Gasteiger partial charge >= 0.3 is 5.97 Å². The van der Waals surface area contributed by atoms with E-state index in [4.69, 9.17) is 9.16 Å². The molecular weight excluding hydrogens is 280 g/mol. The van der Waals surface area contributed by atoms with E-state index in [0.29, 0.717) is 6.42 Å². The second-order valence-corrected chi connectivity index (χ2v) is 10.6. The van der Waals surface area contributed by atoms with Crippen LogP contribution in [0.15, 0.2) is 12.2 Å². The molecule has 0 fully saturated rings. The van der Waals surface area contributed by atoms with Gasteiger partial charge in [0.25, 0.3) is 0 Å². The Kier molecular flexibility index (Phi) is 10.7. The second-order valence-electron chi connectivity index (χ2n) is 5.86. The predicted octanol–water partition coefficient (Wildman–Crippen LogP) is 5.07. The summed E-state index contributed by atoms with van der Waals surface area (Å²) in [6.07, 6.45) is 6.46. The molecule has 0 aliphatic heterocycles. The van der Waals surface area contributed by atoms with Crippen molar-refractivity contribution in [2.45, 2.75) is 91.1 Å². The summed E-state index contributed by atoms with van der Waals surface area (Å²) in [4.78, 5) is 11.9. The van der Waals surface area contributed by atoms with Crippen molar-refractivity contribution in [3.63, 3.8) is 0 Å². The molecule has 1 unspecified atom stereocenters. The van der Waals surface area contributed by atoms with Crippen LogP contribution in [-0.2, 0) is 14.0 Å². The van der Waals surface area contributed by atoms with Crippen molar-refractivity contribution < 1.29 is 14.0 Å². The summed E-state index contributed by atoms with van der Waals surface area (Å²) in [7, 11) is -1.71. The molecule has 0 amide bonds. The number of carbonyl (C=O) groups excluding carboxylic acids is 1. The molecular formula is C17H34O3Si. The lowest BCUT2D eigenvalue weighted by Crippen LogP contribution is -2.40. The van der Waals surface area contributed by atoms with Gasteiger partial charge in [0.2, 0.25) is 0 Å². The zero-order valence-electron chi connectivity index (χ0n) is 14.8. The van der Waals surface area contributed by atoms with Gasteiger partial charge in [0.05, 0.1) is 18.6 Å². The maximum atomic E-state index is 11.9. The minimum Gasteiger partial charge on any atom is -0.463 e. The van der Waals surface area contributed by atoms with Crippen LogP contribution < -0.4 is 0 Å². The lowest BCUT2D eigenvalue weighted by atomic mass is 10.2. The molecule has 0 aliphatic rings. The van der Waals surface area contributed by atoms with Crippen LogP contribution in [0.2, 0.25) is 18.1 Å². The largest absolute Gasteiger partial charge is 0.463 e.